The first-order valence-corrected chi connectivity index (χ1v) is 11.8. The molecule has 1 atom stereocenters. The number of carbonyl (C=O) groups excluding carboxylic acids is 1. The summed E-state index contributed by atoms with van der Waals surface area (Å²) in [5.74, 6) is -0.649. The summed E-state index contributed by atoms with van der Waals surface area (Å²) in [6.45, 7) is 6.17. The van der Waals surface area contributed by atoms with Crippen molar-refractivity contribution < 1.29 is 18.1 Å². The van der Waals surface area contributed by atoms with E-state index in [1.807, 2.05) is 0 Å². The summed E-state index contributed by atoms with van der Waals surface area (Å²) >= 11 is 1.44. The van der Waals surface area contributed by atoms with E-state index in [2.05, 4.69) is 25.2 Å². The van der Waals surface area contributed by atoms with E-state index >= 15 is 0 Å². The largest absolute Gasteiger partial charge is 0.328 e. The Morgan fingerprint density at radius 3 is 2.68 bits per heavy atom. The monoisotopic (exact) mass is 418 g/mol. The number of nitrogens with zero attached hydrogens (tertiary/aromatic N) is 1. The number of anilines is 1. The molecule has 8 heteroatoms. The number of hydrogen-bond donors (Lipinski definition) is 2. The minimum absolute atomic E-state index is 0.145. The molecular weight excluding hydrogens is 394 g/mol. The minimum atomic E-state index is -3.51. The lowest BCUT2D eigenvalue weighted by Gasteiger charge is -2.27. The normalized spacial score (nSPS) is 16.4. The molecule has 1 aromatic carbocycles. The average molecular weight is 419 g/mol. The third kappa shape index (κ3) is 4.43. The fourth-order valence-corrected chi connectivity index (χ4v) is 5.89. The van der Waals surface area contributed by atoms with Gasteiger partial charge >= 0.3 is 0 Å². The third-order valence-corrected chi connectivity index (χ3v) is 7.94. The van der Waals surface area contributed by atoms with Crippen LogP contribution in [0, 0.1) is 11.3 Å². The molecule has 2 heterocycles. The maximum atomic E-state index is 12.4. The SMILES string of the molecule is CC(C)[NH+]1CCc2c(sc(NC(=O)CCS(=O)(=O)c3ccccc3)c2C#N)C1. The first-order valence-electron chi connectivity index (χ1n) is 9.28. The Hall–Kier alpha value is -2.21. The summed E-state index contributed by atoms with van der Waals surface area (Å²) in [7, 11) is -3.51. The summed E-state index contributed by atoms with van der Waals surface area (Å²) in [5, 5.41) is 12.9. The van der Waals surface area contributed by atoms with Crippen LogP contribution in [0.4, 0.5) is 5.00 Å². The van der Waals surface area contributed by atoms with Crippen LogP contribution in [0.2, 0.25) is 0 Å². The molecule has 6 nitrogen and oxygen atoms in total. The Labute approximate surface area is 169 Å². The van der Waals surface area contributed by atoms with Crippen molar-refractivity contribution in [1.29, 1.82) is 5.26 Å². The van der Waals surface area contributed by atoms with Crippen LogP contribution in [-0.2, 0) is 27.6 Å². The summed E-state index contributed by atoms with van der Waals surface area (Å²) < 4.78 is 24.7. The van der Waals surface area contributed by atoms with E-state index in [9.17, 15) is 18.5 Å². The number of nitrogens with one attached hydrogen (secondary N) is 2. The first-order chi connectivity index (χ1) is 13.3. The molecule has 0 saturated carbocycles. The van der Waals surface area contributed by atoms with Crippen LogP contribution in [0.15, 0.2) is 35.2 Å². The highest BCUT2D eigenvalue weighted by Gasteiger charge is 2.28. The van der Waals surface area contributed by atoms with Crippen molar-refractivity contribution in [2.75, 3.05) is 17.6 Å². The molecule has 1 unspecified atom stereocenters. The van der Waals surface area contributed by atoms with Gasteiger partial charge in [0, 0.05) is 12.8 Å². The topological polar surface area (TPSA) is 91.5 Å². The Bertz CT molecular complexity index is 1010. The summed E-state index contributed by atoms with van der Waals surface area (Å²) in [6.07, 6.45) is 0.675. The number of rotatable bonds is 6. The molecule has 1 aliphatic rings. The molecule has 0 radical (unpaired) electrons. The molecular formula is C20H24N3O3S2+. The van der Waals surface area contributed by atoms with Gasteiger partial charge in [0.05, 0.1) is 33.7 Å². The van der Waals surface area contributed by atoms with Gasteiger partial charge in [-0.25, -0.2) is 8.42 Å². The lowest BCUT2D eigenvalue weighted by atomic mass is 10.0. The van der Waals surface area contributed by atoms with Gasteiger partial charge in [0.1, 0.15) is 17.6 Å². The zero-order valence-corrected chi connectivity index (χ0v) is 17.6. The van der Waals surface area contributed by atoms with Crippen LogP contribution in [0.1, 0.15) is 36.3 Å². The van der Waals surface area contributed by atoms with Gasteiger partial charge in [-0.2, -0.15) is 5.26 Å². The molecule has 1 aromatic heterocycles. The third-order valence-electron chi connectivity index (χ3n) is 5.06. The molecule has 0 spiro atoms. The standard InChI is InChI=1S/C20H23N3O3S2/c1-14(2)23-10-8-16-17(12-21)20(27-18(16)13-23)22-19(24)9-11-28(25,26)15-6-4-3-5-7-15/h3-7,14H,8-11,13H2,1-2H3,(H,22,24)/p+1. The second-order valence-electron chi connectivity index (χ2n) is 7.24. The van der Waals surface area contributed by atoms with Gasteiger partial charge in [-0.15, -0.1) is 11.3 Å². The van der Waals surface area contributed by atoms with E-state index < -0.39 is 9.84 Å². The van der Waals surface area contributed by atoms with Crippen molar-refractivity contribution in [1.82, 2.24) is 0 Å². The number of nitriles is 1. The van der Waals surface area contributed by atoms with Crippen LogP contribution in [0.5, 0.6) is 0 Å². The molecule has 28 heavy (non-hydrogen) atoms. The molecule has 2 N–H and O–H groups in total. The van der Waals surface area contributed by atoms with E-state index in [0.29, 0.717) is 16.6 Å². The second-order valence-corrected chi connectivity index (χ2v) is 10.5. The van der Waals surface area contributed by atoms with E-state index in [-0.39, 0.29) is 23.0 Å². The predicted molar refractivity (Wildman–Crippen MR) is 109 cm³/mol. The Kier molecular flexibility index (Phi) is 6.18. The van der Waals surface area contributed by atoms with E-state index in [1.165, 1.54) is 28.4 Å². The highest BCUT2D eigenvalue weighted by Crippen LogP contribution is 2.34. The van der Waals surface area contributed by atoms with Gasteiger partial charge in [0.2, 0.25) is 5.91 Å². The number of sulfone groups is 1. The van der Waals surface area contributed by atoms with Gasteiger partial charge in [0.25, 0.3) is 0 Å². The second kappa shape index (κ2) is 8.43. The molecule has 3 rings (SSSR count). The van der Waals surface area contributed by atoms with Gasteiger partial charge in [-0.1, -0.05) is 18.2 Å². The summed E-state index contributed by atoms with van der Waals surface area (Å²) in [5.41, 5.74) is 1.56. The fourth-order valence-electron chi connectivity index (χ4n) is 3.36. The summed E-state index contributed by atoms with van der Waals surface area (Å²) in [4.78, 5) is 15.2. The summed E-state index contributed by atoms with van der Waals surface area (Å²) in [6, 6.07) is 10.8. The molecule has 2 aromatic rings. The highest BCUT2D eigenvalue weighted by atomic mass is 32.2. The number of fused-ring (bicyclic) bond motifs is 1. The molecule has 1 aliphatic heterocycles. The molecule has 0 saturated heterocycles. The van der Waals surface area contributed by atoms with Gasteiger partial charge in [-0.3, -0.25) is 4.79 Å². The molecule has 0 aliphatic carbocycles. The number of hydrogen-bond acceptors (Lipinski definition) is 5. The van der Waals surface area contributed by atoms with Gasteiger partial charge in [0.15, 0.2) is 9.84 Å². The van der Waals surface area contributed by atoms with Crippen molar-refractivity contribution >= 4 is 32.1 Å². The smallest absolute Gasteiger partial charge is 0.226 e. The van der Waals surface area contributed by atoms with E-state index in [4.69, 9.17) is 0 Å². The number of quaternary nitrogens is 1. The predicted octanol–water partition coefficient (Wildman–Crippen LogP) is 1.77. The quantitative estimate of drug-likeness (QED) is 0.748. The lowest BCUT2D eigenvalue weighted by Crippen LogP contribution is -3.14. The van der Waals surface area contributed by atoms with Gasteiger partial charge < -0.3 is 10.2 Å². The molecule has 148 valence electrons. The maximum Gasteiger partial charge on any atom is 0.226 e. The fraction of sp³-hybridized carbons (Fsp3) is 0.400. The van der Waals surface area contributed by atoms with Crippen LogP contribution in [0.3, 0.4) is 0 Å². The Morgan fingerprint density at radius 2 is 2.04 bits per heavy atom. The van der Waals surface area contributed by atoms with Crippen molar-refractivity contribution in [3.8, 4) is 6.07 Å². The molecule has 1 amide bonds. The lowest BCUT2D eigenvalue weighted by molar-refractivity contribution is -0.936. The van der Waals surface area contributed by atoms with E-state index in [0.717, 1.165) is 30.0 Å². The number of benzene rings is 1. The number of amides is 1. The maximum absolute atomic E-state index is 12.4. The molecule has 0 fully saturated rings. The minimum Gasteiger partial charge on any atom is -0.328 e. The van der Waals surface area contributed by atoms with Crippen LogP contribution < -0.4 is 10.2 Å². The van der Waals surface area contributed by atoms with Crippen molar-refractivity contribution in [3.63, 3.8) is 0 Å². The van der Waals surface area contributed by atoms with Crippen molar-refractivity contribution in [2.24, 2.45) is 0 Å². The van der Waals surface area contributed by atoms with Crippen LogP contribution in [0.25, 0.3) is 0 Å². The van der Waals surface area contributed by atoms with E-state index in [1.54, 1.807) is 18.2 Å². The van der Waals surface area contributed by atoms with Gasteiger partial charge in [-0.05, 0) is 31.5 Å². The molecule has 0 bridgehead atoms. The number of carbonyl (C=O) groups is 1. The average Bonchev–Trinajstić information content (AvgIpc) is 3.03. The van der Waals surface area contributed by atoms with Crippen LogP contribution in [-0.4, -0.2) is 32.7 Å². The van der Waals surface area contributed by atoms with Crippen LogP contribution >= 0.6 is 11.3 Å². The Balaban J connectivity index is 1.69. The number of thiophene rings is 1. The zero-order chi connectivity index (χ0) is 20.3. The first kappa shape index (κ1) is 20.5. The van der Waals surface area contributed by atoms with Crippen molar-refractivity contribution in [3.05, 3.63) is 46.3 Å². The highest BCUT2D eigenvalue weighted by molar-refractivity contribution is 7.91. The Morgan fingerprint density at radius 1 is 1.32 bits per heavy atom. The van der Waals surface area contributed by atoms with Crippen molar-refractivity contribution in [2.45, 2.75) is 44.2 Å². The zero-order valence-electron chi connectivity index (χ0n) is 16.0.